The molecule has 0 saturated heterocycles. The molecule has 0 bridgehead atoms. The van der Waals surface area contributed by atoms with E-state index < -0.39 is 0 Å². The molecule has 0 amide bonds. The highest BCUT2D eigenvalue weighted by Gasteiger charge is 2.38. The van der Waals surface area contributed by atoms with Crippen molar-refractivity contribution in [3.63, 3.8) is 0 Å². The molecule has 2 aliphatic rings. The van der Waals surface area contributed by atoms with Gasteiger partial charge in [-0.25, -0.2) is 4.79 Å². The number of cyclic esters (lactones) is 1. The molecule has 0 radical (unpaired) electrons. The molecule has 3 heteroatoms. The molecule has 19 heavy (non-hydrogen) atoms. The first-order valence-corrected chi connectivity index (χ1v) is 6.75. The Morgan fingerprint density at radius 1 is 1.32 bits per heavy atom. The minimum absolute atomic E-state index is 0.125. The smallest absolute Gasteiger partial charge is 0.342 e. The van der Waals surface area contributed by atoms with Crippen molar-refractivity contribution in [3.8, 4) is 0 Å². The summed E-state index contributed by atoms with van der Waals surface area (Å²) in [5.41, 5.74) is 5.22. The van der Waals surface area contributed by atoms with E-state index in [4.69, 9.17) is 4.74 Å². The number of benzene rings is 1. The van der Waals surface area contributed by atoms with Crippen LogP contribution in [-0.2, 0) is 11.2 Å². The third-order valence-electron chi connectivity index (χ3n) is 4.08. The van der Waals surface area contributed by atoms with Crippen LogP contribution >= 0.6 is 0 Å². The van der Waals surface area contributed by atoms with Crippen LogP contribution in [0, 0.1) is 0 Å². The average Bonchev–Trinajstić information content (AvgIpc) is 2.36. The van der Waals surface area contributed by atoms with Crippen LogP contribution in [0.25, 0.3) is 5.57 Å². The first-order chi connectivity index (χ1) is 8.94. The molecule has 0 saturated carbocycles. The Hall–Kier alpha value is -1.77. The van der Waals surface area contributed by atoms with Crippen molar-refractivity contribution in [1.29, 1.82) is 0 Å². The predicted octanol–water partition coefficient (Wildman–Crippen LogP) is 3.38. The van der Waals surface area contributed by atoms with E-state index in [-0.39, 0.29) is 11.5 Å². The predicted molar refractivity (Wildman–Crippen MR) is 76.3 cm³/mol. The largest absolute Gasteiger partial charge is 0.441 e. The Morgan fingerprint density at radius 3 is 2.68 bits per heavy atom. The van der Waals surface area contributed by atoms with Crippen molar-refractivity contribution in [2.45, 2.75) is 39.7 Å². The summed E-state index contributed by atoms with van der Waals surface area (Å²) < 4.78 is 5.32. The molecule has 100 valence electrons. The zero-order valence-electron chi connectivity index (χ0n) is 11.9. The fourth-order valence-electron chi connectivity index (χ4n) is 3.05. The van der Waals surface area contributed by atoms with Crippen molar-refractivity contribution in [3.05, 3.63) is 34.9 Å². The second-order valence-electron chi connectivity index (χ2n) is 5.86. The maximum absolute atomic E-state index is 12.0. The third kappa shape index (κ3) is 1.68. The highest BCUT2D eigenvalue weighted by atomic mass is 16.5. The number of rotatable bonds is 1. The molecular weight excluding hydrogens is 238 g/mol. The van der Waals surface area contributed by atoms with Crippen LogP contribution < -0.4 is 4.90 Å². The van der Waals surface area contributed by atoms with Gasteiger partial charge < -0.3 is 9.64 Å². The summed E-state index contributed by atoms with van der Waals surface area (Å²) in [5, 5.41) is 0. The zero-order valence-corrected chi connectivity index (χ0v) is 11.9. The van der Waals surface area contributed by atoms with E-state index in [0.717, 1.165) is 12.1 Å². The fraction of sp³-hybridized carbons (Fsp3) is 0.438. The van der Waals surface area contributed by atoms with Gasteiger partial charge in [-0.1, -0.05) is 13.0 Å². The van der Waals surface area contributed by atoms with Gasteiger partial charge in [0.1, 0.15) is 0 Å². The van der Waals surface area contributed by atoms with Crippen molar-refractivity contribution >= 4 is 17.2 Å². The van der Waals surface area contributed by atoms with Gasteiger partial charge in [0.25, 0.3) is 0 Å². The molecule has 0 spiro atoms. The van der Waals surface area contributed by atoms with Crippen LogP contribution in [0.2, 0.25) is 0 Å². The number of hydrogen-bond donors (Lipinski definition) is 0. The SMILES string of the molecule is CCc1cc2c3c(c1)C(C)=CC(C)(C)N3COC2=O. The molecule has 3 rings (SSSR count). The van der Waals surface area contributed by atoms with E-state index in [9.17, 15) is 4.79 Å². The number of carbonyl (C=O) groups excluding carboxylic acids is 1. The number of allylic oxidation sites excluding steroid dienone is 1. The van der Waals surface area contributed by atoms with E-state index in [1.807, 2.05) is 6.07 Å². The summed E-state index contributed by atoms with van der Waals surface area (Å²) in [7, 11) is 0. The number of ether oxygens (including phenoxy) is 1. The number of hydrogen-bond acceptors (Lipinski definition) is 3. The van der Waals surface area contributed by atoms with Crippen LogP contribution in [0.1, 0.15) is 49.2 Å². The molecule has 0 N–H and O–H groups in total. The lowest BCUT2D eigenvalue weighted by molar-refractivity contribution is 0.0463. The summed E-state index contributed by atoms with van der Waals surface area (Å²) in [6, 6.07) is 4.17. The first kappa shape index (κ1) is 12.3. The van der Waals surface area contributed by atoms with E-state index in [1.165, 1.54) is 16.7 Å². The van der Waals surface area contributed by atoms with Gasteiger partial charge in [-0.2, -0.15) is 0 Å². The van der Waals surface area contributed by atoms with Crippen LogP contribution in [0.15, 0.2) is 18.2 Å². The lowest BCUT2D eigenvalue weighted by atomic mass is 9.85. The molecule has 0 unspecified atom stereocenters. The minimum Gasteiger partial charge on any atom is -0.441 e. The molecule has 1 aromatic rings. The van der Waals surface area contributed by atoms with Crippen LogP contribution in [-0.4, -0.2) is 18.2 Å². The van der Waals surface area contributed by atoms with Gasteiger partial charge in [-0.15, -0.1) is 0 Å². The average molecular weight is 257 g/mol. The van der Waals surface area contributed by atoms with Crippen molar-refractivity contribution in [2.75, 3.05) is 11.6 Å². The molecule has 1 aromatic carbocycles. The second-order valence-corrected chi connectivity index (χ2v) is 5.86. The molecule has 0 aromatic heterocycles. The van der Waals surface area contributed by atoms with Gasteiger partial charge in [0.2, 0.25) is 0 Å². The van der Waals surface area contributed by atoms with Crippen LogP contribution in [0.4, 0.5) is 5.69 Å². The summed E-state index contributed by atoms with van der Waals surface area (Å²) >= 11 is 0. The molecule has 0 aliphatic carbocycles. The summed E-state index contributed by atoms with van der Waals surface area (Å²) in [6.07, 6.45) is 3.17. The van der Waals surface area contributed by atoms with E-state index >= 15 is 0 Å². The van der Waals surface area contributed by atoms with Crippen molar-refractivity contribution in [2.24, 2.45) is 0 Å². The van der Waals surface area contributed by atoms with Crippen molar-refractivity contribution < 1.29 is 9.53 Å². The number of carbonyl (C=O) groups is 1. The lowest BCUT2D eigenvalue weighted by Crippen LogP contribution is -2.49. The fourth-order valence-corrected chi connectivity index (χ4v) is 3.05. The Bertz CT molecular complexity index is 599. The first-order valence-electron chi connectivity index (χ1n) is 6.75. The number of esters is 1. The van der Waals surface area contributed by atoms with Gasteiger partial charge in [0.15, 0.2) is 6.73 Å². The summed E-state index contributed by atoms with van der Waals surface area (Å²) in [4.78, 5) is 14.2. The van der Waals surface area contributed by atoms with E-state index in [0.29, 0.717) is 12.3 Å². The minimum atomic E-state index is -0.201. The van der Waals surface area contributed by atoms with Crippen LogP contribution in [0.3, 0.4) is 0 Å². The normalized spacial score (nSPS) is 19.7. The molecule has 3 nitrogen and oxygen atoms in total. The monoisotopic (exact) mass is 257 g/mol. The maximum atomic E-state index is 12.0. The van der Waals surface area contributed by atoms with Gasteiger partial charge in [-0.3, -0.25) is 0 Å². The Morgan fingerprint density at radius 2 is 2.00 bits per heavy atom. The number of aryl methyl sites for hydroxylation is 1. The lowest BCUT2D eigenvalue weighted by Gasteiger charge is -2.45. The zero-order chi connectivity index (χ0) is 13.8. The summed E-state index contributed by atoms with van der Waals surface area (Å²) in [6.45, 7) is 8.85. The maximum Gasteiger partial charge on any atom is 0.342 e. The Kier molecular flexibility index (Phi) is 2.49. The van der Waals surface area contributed by atoms with Gasteiger partial charge >= 0.3 is 5.97 Å². The highest BCUT2D eigenvalue weighted by Crippen LogP contribution is 2.43. The van der Waals surface area contributed by atoms with Gasteiger partial charge in [0.05, 0.1) is 16.8 Å². The molecule has 2 heterocycles. The molecule has 0 fully saturated rings. The van der Waals surface area contributed by atoms with Gasteiger partial charge in [-0.05, 0) is 50.5 Å². The molecule has 0 atom stereocenters. The number of anilines is 1. The second kappa shape index (κ2) is 3.86. The Balaban J connectivity index is 2.33. The topological polar surface area (TPSA) is 29.5 Å². The van der Waals surface area contributed by atoms with E-state index in [2.05, 4.69) is 44.7 Å². The third-order valence-corrected chi connectivity index (χ3v) is 4.08. The van der Waals surface area contributed by atoms with Crippen LogP contribution in [0.5, 0.6) is 0 Å². The molecular formula is C16H19NO2. The van der Waals surface area contributed by atoms with E-state index in [1.54, 1.807) is 0 Å². The highest BCUT2D eigenvalue weighted by molar-refractivity contribution is 6.02. The Labute approximate surface area is 113 Å². The molecule has 2 aliphatic heterocycles. The quantitative estimate of drug-likeness (QED) is 0.722. The van der Waals surface area contributed by atoms with Gasteiger partial charge in [0, 0.05) is 5.56 Å². The summed E-state index contributed by atoms with van der Waals surface area (Å²) in [5.74, 6) is -0.201. The number of nitrogens with zero attached hydrogens (tertiary/aromatic N) is 1. The van der Waals surface area contributed by atoms with Crippen molar-refractivity contribution in [1.82, 2.24) is 0 Å². The standard InChI is InChI=1S/C16H19NO2/c1-5-11-6-12-10(2)8-16(3,4)17-9-19-15(18)13(7-11)14(12)17/h6-8H,5,9H2,1-4H3.